The summed E-state index contributed by atoms with van der Waals surface area (Å²) >= 11 is 0. The molecule has 0 aromatic heterocycles. The lowest BCUT2D eigenvalue weighted by Crippen LogP contribution is -2.54. The molecule has 2 N–H and O–H groups in total. The zero-order valence-corrected chi connectivity index (χ0v) is 10.5. The van der Waals surface area contributed by atoms with Gasteiger partial charge in [-0.05, 0) is 25.3 Å². The minimum absolute atomic E-state index is 0.00838. The van der Waals surface area contributed by atoms with Gasteiger partial charge in [0.05, 0.1) is 5.57 Å². The molecule has 7 nitrogen and oxygen atoms in total. The van der Waals surface area contributed by atoms with E-state index in [0.717, 1.165) is 4.90 Å². The molecule has 0 aromatic carbocycles. The number of nitrogens with zero attached hydrogens (tertiary/aromatic N) is 1. The van der Waals surface area contributed by atoms with Crippen molar-refractivity contribution >= 4 is 23.6 Å². The van der Waals surface area contributed by atoms with E-state index in [-0.39, 0.29) is 29.7 Å². The highest BCUT2D eigenvalue weighted by Gasteiger charge is 2.47. The third kappa shape index (κ3) is 1.66. The Balaban J connectivity index is 1.93. The second kappa shape index (κ2) is 4.29. The van der Waals surface area contributed by atoms with E-state index in [4.69, 9.17) is 0 Å². The van der Waals surface area contributed by atoms with Gasteiger partial charge in [0.2, 0.25) is 11.8 Å². The van der Waals surface area contributed by atoms with Crippen LogP contribution in [0.25, 0.3) is 0 Å². The molecule has 2 heterocycles. The number of allylic oxidation sites excluding steroid dienone is 1. The number of piperidine rings is 1. The Morgan fingerprint density at radius 3 is 2.55 bits per heavy atom. The predicted molar refractivity (Wildman–Crippen MR) is 65.0 cm³/mol. The third-order valence-corrected chi connectivity index (χ3v) is 3.72. The Bertz CT molecular complexity index is 616. The van der Waals surface area contributed by atoms with E-state index in [1.807, 2.05) is 0 Å². The number of rotatable bonds is 1. The lowest BCUT2D eigenvalue weighted by atomic mass is 9.98. The van der Waals surface area contributed by atoms with Crippen molar-refractivity contribution in [2.24, 2.45) is 0 Å². The molecule has 1 saturated heterocycles. The molecular weight excluding hydrogens is 264 g/mol. The molecule has 2 aliphatic heterocycles. The summed E-state index contributed by atoms with van der Waals surface area (Å²) in [4.78, 5) is 48.3. The van der Waals surface area contributed by atoms with Crippen molar-refractivity contribution in [1.82, 2.24) is 10.2 Å². The maximum atomic E-state index is 12.3. The molecule has 0 aromatic rings. The van der Waals surface area contributed by atoms with Crippen LogP contribution in [0, 0.1) is 0 Å². The first kappa shape index (κ1) is 12.6. The molecule has 4 amide bonds. The summed E-state index contributed by atoms with van der Waals surface area (Å²) in [5.74, 6) is -2.47. The quantitative estimate of drug-likeness (QED) is 0.639. The van der Waals surface area contributed by atoms with E-state index in [1.54, 1.807) is 0 Å². The molecular formula is C13H12N2O5. The fourth-order valence-electron chi connectivity index (χ4n) is 2.76. The SMILES string of the molecule is O=C1CCC(N2C(=O)C3=C(C2=O)C(O)=CCC3)C(=O)N1. The number of carbonyl (C=O) groups excluding carboxylic acids is 4. The van der Waals surface area contributed by atoms with Gasteiger partial charge in [0.25, 0.3) is 11.8 Å². The molecule has 0 bridgehead atoms. The van der Waals surface area contributed by atoms with Gasteiger partial charge in [0.1, 0.15) is 11.8 Å². The minimum Gasteiger partial charge on any atom is -0.507 e. The van der Waals surface area contributed by atoms with Crippen LogP contribution < -0.4 is 5.32 Å². The zero-order valence-electron chi connectivity index (χ0n) is 10.5. The molecule has 1 aliphatic carbocycles. The van der Waals surface area contributed by atoms with Gasteiger partial charge in [-0.25, -0.2) is 0 Å². The van der Waals surface area contributed by atoms with Crippen LogP contribution in [-0.4, -0.2) is 39.7 Å². The van der Waals surface area contributed by atoms with E-state index in [1.165, 1.54) is 6.08 Å². The van der Waals surface area contributed by atoms with Crippen molar-refractivity contribution < 1.29 is 24.3 Å². The first-order chi connectivity index (χ1) is 9.50. The lowest BCUT2D eigenvalue weighted by molar-refractivity contribution is -0.150. The Morgan fingerprint density at radius 1 is 1.15 bits per heavy atom. The van der Waals surface area contributed by atoms with Gasteiger partial charge in [0, 0.05) is 12.0 Å². The molecule has 3 aliphatic rings. The molecule has 0 saturated carbocycles. The second-order valence-corrected chi connectivity index (χ2v) is 4.93. The van der Waals surface area contributed by atoms with Crippen LogP contribution in [0.3, 0.4) is 0 Å². The van der Waals surface area contributed by atoms with Crippen molar-refractivity contribution in [3.8, 4) is 0 Å². The smallest absolute Gasteiger partial charge is 0.265 e. The zero-order chi connectivity index (χ0) is 14.4. The maximum Gasteiger partial charge on any atom is 0.265 e. The van der Waals surface area contributed by atoms with Crippen LogP contribution in [0.4, 0.5) is 0 Å². The summed E-state index contributed by atoms with van der Waals surface area (Å²) < 4.78 is 0. The van der Waals surface area contributed by atoms with Crippen LogP contribution in [0.5, 0.6) is 0 Å². The average Bonchev–Trinajstić information content (AvgIpc) is 2.64. The van der Waals surface area contributed by atoms with Gasteiger partial charge in [-0.1, -0.05) is 0 Å². The molecule has 3 rings (SSSR count). The number of aliphatic hydroxyl groups excluding tert-OH is 1. The van der Waals surface area contributed by atoms with Gasteiger partial charge in [0.15, 0.2) is 0 Å². The number of amides is 4. The summed E-state index contributed by atoms with van der Waals surface area (Å²) in [6.07, 6.45) is 2.53. The fourth-order valence-corrected chi connectivity index (χ4v) is 2.76. The normalized spacial score (nSPS) is 26.7. The Labute approximate surface area is 113 Å². The van der Waals surface area contributed by atoms with Crippen LogP contribution in [0.2, 0.25) is 0 Å². The van der Waals surface area contributed by atoms with Gasteiger partial charge in [-0.3, -0.25) is 29.4 Å². The predicted octanol–water partition coefficient (Wildman–Crippen LogP) is -0.307. The summed E-state index contributed by atoms with van der Waals surface area (Å²) in [5, 5.41) is 11.9. The highest BCUT2D eigenvalue weighted by molar-refractivity contribution is 6.23. The van der Waals surface area contributed by atoms with E-state index < -0.39 is 29.7 Å². The molecule has 0 spiro atoms. The monoisotopic (exact) mass is 276 g/mol. The second-order valence-electron chi connectivity index (χ2n) is 4.93. The van der Waals surface area contributed by atoms with Gasteiger partial charge in [-0.15, -0.1) is 0 Å². The van der Waals surface area contributed by atoms with Gasteiger partial charge >= 0.3 is 0 Å². The van der Waals surface area contributed by atoms with Crippen molar-refractivity contribution in [2.75, 3.05) is 0 Å². The molecule has 7 heteroatoms. The lowest BCUT2D eigenvalue weighted by Gasteiger charge is -2.28. The van der Waals surface area contributed by atoms with E-state index in [0.29, 0.717) is 12.8 Å². The van der Waals surface area contributed by atoms with Crippen LogP contribution >= 0.6 is 0 Å². The number of hydrogen-bond acceptors (Lipinski definition) is 5. The highest BCUT2D eigenvalue weighted by Crippen LogP contribution is 2.34. The first-order valence-electron chi connectivity index (χ1n) is 6.35. The topological polar surface area (TPSA) is 104 Å². The van der Waals surface area contributed by atoms with Gasteiger partial charge in [-0.2, -0.15) is 0 Å². The largest absolute Gasteiger partial charge is 0.507 e. The standard InChI is InChI=1S/C13H12N2O5/c16-8-3-1-2-6-10(8)13(20)15(12(6)19)7-4-5-9(17)14-11(7)18/h3,7,16H,1-2,4-5H2,(H,14,17,18). The number of hydrogen-bond donors (Lipinski definition) is 2. The van der Waals surface area contributed by atoms with Crippen molar-refractivity contribution in [3.05, 3.63) is 23.0 Å². The molecule has 1 unspecified atom stereocenters. The number of carbonyl (C=O) groups is 4. The summed E-state index contributed by atoms with van der Waals surface area (Å²) in [6, 6.07) is -0.980. The number of nitrogens with one attached hydrogen (secondary N) is 1. The molecule has 20 heavy (non-hydrogen) atoms. The summed E-state index contributed by atoms with van der Waals surface area (Å²) in [6.45, 7) is 0. The van der Waals surface area contributed by atoms with Crippen molar-refractivity contribution in [2.45, 2.75) is 31.7 Å². The van der Waals surface area contributed by atoms with Crippen molar-refractivity contribution in [1.29, 1.82) is 0 Å². The maximum absolute atomic E-state index is 12.3. The highest BCUT2D eigenvalue weighted by atomic mass is 16.3. The van der Waals surface area contributed by atoms with Crippen LogP contribution in [-0.2, 0) is 19.2 Å². The van der Waals surface area contributed by atoms with Gasteiger partial charge < -0.3 is 5.11 Å². The van der Waals surface area contributed by atoms with Crippen molar-refractivity contribution in [3.63, 3.8) is 0 Å². The van der Waals surface area contributed by atoms with E-state index in [2.05, 4.69) is 5.32 Å². The molecule has 1 atom stereocenters. The molecule has 0 radical (unpaired) electrons. The molecule has 1 fully saturated rings. The number of aliphatic hydroxyl groups is 1. The van der Waals surface area contributed by atoms with Crippen LogP contribution in [0.1, 0.15) is 25.7 Å². The first-order valence-corrected chi connectivity index (χ1v) is 6.35. The van der Waals surface area contributed by atoms with Crippen LogP contribution in [0.15, 0.2) is 23.0 Å². The fraction of sp³-hybridized carbons (Fsp3) is 0.385. The Morgan fingerprint density at radius 2 is 1.90 bits per heavy atom. The van der Waals surface area contributed by atoms with E-state index in [9.17, 15) is 24.3 Å². The summed E-state index contributed by atoms with van der Waals surface area (Å²) in [5.41, 5.74) is 0.241. The minimum atomic E-state index is -0.980. The van der Waals surface area contributed by atoms with E-state index >= 15 is 0 Å². The Kier molecular flexibility index (Phi) is 2.70. The third-order valence-electron chi connectivity index (χ3n) is 3.72. The Hall–Kier alpha value is -2.44. The molecule has 104 valence electrons. The summed E-state index contributed by atoms with van der Waals surface area (Å²) in [7, 11) is 0. The number of imide groups is 2. The average molecular weight is 276 g/mol.